The number of carbonyl (C=O) groups is 2. The molecule has 13 heteroatoms. The van der Waals surface area contributed by atoms with Gasteiger partial charge in [0.15, 0.2) is 0 Å². The number of aliphatic hydroxyl groups is 1. The molecule has 3 amide bonds. The summed E-state index contributed by atoms with van der Waals surface area (Å²) in [5, 5.41) is 16.1. The first-order valence-electron chi connectivity index (χ1n) is 10.1. The zero-order chi connectivity index (χ0) is 24.1. The smallest absolute Gasteiger partial charge is 0.396 e. The maximum atomic E-state index is 14.0. The van der Waals surface area contributed by atoms with Gasteiger partial charge in [0.05, 0.1) is 23.5 Å². The molecule has 2 aliphatic heterocycles. The summed E-state index contributed by atoms with van der Waals surface area (Å²) >= 11 is 0. The number of aliphatic hydroxyl groups excluding tert-OH is 1. The molecule has 1 atom stereocenters. The standard InChI is InChI=1S/C20H20F5N5O3/c1-28-6-10(9-31)7-30-17(18(28)32)11-8-29(3-2-15(11)27-30)19(33)26-16-4-12(20(23,24)25)13(21)5-14(16)22/h4-5,10,31H,2-3,6-9H2,1H3,(H,26,33)/t10-/m0/s1. The lowest BCUT2D eigenvalue weighted by atomic mass is 10.0. The number of amides is 3. The number of nitrogens with zero attached hydrogens (tertiary/aromatic N) is 4. The summed E-state index contributed by atoms with van der Waals surface area (Å²) in [5.74, 6) is -3.68. The molecule has 0 bridgehead atoms. The third-order valence-corrected chi connectivity index (χ3v) is 5.76. The fraction of sp³-hybridized carbons (Fsp3) is 0.450. The molecule has 0 saturated carbocycles. The van der Waals surface area contributed by atoms with Crippen molar-refractivity contribution in [1.29, 1.82) is 0 Å². The Bertz CT molecular complexity index is 1120. The Morgan fingerprint density at radius 1 is 1.24 bits per heavy atom. The number of hydrogen-bond acceptors (Lipinski definition) is 4. The van der Waals surface area contributed by atoms with Crippen molar-refractivity contribution in [3.05, 3.63) is 46.3 Å². The van der Waals surface area contributed by atoms with E-state index in [-0.39, 0.29) is 55.8 Å². The quantitative estimate of drug-likeness (QED) is 0.656. The Balaban J connectivity index is 1.59. The number of aromatic nitrogens is 2. The summed E-state index contributed by atoms with van der Waals surface area (Å²) in [5.41, 5.74) is -1.15. The van der Waals surface area contributed by atoms with Crippen molar-refractivity contribution in [2.75, 3.05) is 32.1 Å². The summed E-state index contributed by atoms with van der Waals surface area (Å²) < 4.78 is 67.9. The Hall–Kier alpha value is -3.22. The topological polar surface area (TPSA) is 90.7 Å². The molecule has 178 valence electrons. The molecule has 4 rings (SSSR count). The second-order valence-electron chi connectivity index (χ2n) is 8.10. The average Bonchev–Trinajstić information content (AvgIpc) is 3.04. The Morgan fingerprint density at radius 2 is 1.97 bits per heavy atom. The van der Waals surface area contributed by atoms with E-state index in [4.69, 9.17) is 0 Å². The van der Waals surface area contributed by atoms with Crippen LogP contribution < -0.4 is 5.32 Å². The summed E-state index contributed by atoms with van der Waals surface area (Å²) in [6.45, 7) is 0.539. The van der Waals surface area contributed by atoms with Gasteiger partial charge in [0.25, 0.3) is 5.91 Å². The average molecular weight is 473 g/mol. The fourth-order valence-electron chi connectivity index (χ4n) is 4.10. The molecule has 0 aliphatic carbocycles. The molecule has 0 unspecified atom stereocenters. The number of halogens is 5. The highest BCUT2D eigenvalue weighted by Crippen LogP contribution is 2.34. The highest BCUT2D eigenvalue weighted by molar-refractivity contribution is 5.95. The molecule has 0 saturated heterocycles. The molecule has 0 fully saturated rings. The van der Waals surface area contributed by atoms with E-state index in [9.17, 15) is 36.6 Å². The van der Waals surface area contributed by atoms with E-state index >= 15 is 0 Å². The number of benzene rings is 1. The van der Waals surface area contributed by atoms with E-state index in [1.807, 2.05) is 0 Å². The Morgan fingerprint density at radius 3 is 2.64 bits per heavy atom. The largest absolute Gasteiger partial charge is 0.419 e. The minimum Gasteiger partial charge on any atom is -0.396 e. The van der Waals surface area contributed by atoms with Gasteiger partial charge in [0.2, 0.25) is 0 Å². The lowest BCUT2D eigenvalue weighted by molar-refractivity contribution is -0.140. The second kappa shape index (κ2) is 8.28. The van der Waals surface area contributed by atoms with E-state index in [1.54, 1.807) is 7.05 Å². The van der Waals surface area contributed by atoms with Crippen LogP contribution in [0.4, 0.5) is 32.4 Å². The van der Waals surface area contributed by atoms with Crippen molar-refractivity contribution in [2.45, 2.75) is 25.7 Å². The van der Waals surface area contributed by atoms with Gasteiger partial charge in [-0.2, -0.15) is 18.3 Å². The highest BCUT2D eigenvalue weighted by Gasteiger charge is 2.37. The van der Waals surface area contributed by atoms with Crippen molar-refractivity contribution in [2.24, 2.45) is 5.92 Å². The third kappa shape index (κ3) is 4.24. The third-order valence-electron chi connectivity index (χ3n) is 5.76. The predicted octanol–water partition coefficient (Wildman–Crippen LogP) is 2.46. The number of fused-ring (bicyclic) bond motifs is 3. The van der Waals surface area contributed by atoms with Crippen LogP contribution in [0.25, 0.3) is 0 Å². The normalized spacial score (nSPS) is 18.6. The van der Waals surface area contributed by atoms with Gasteiger partial charge in [-0.3, -0.25) is 9.48 Å². The van der Waals surface area contributed by atoms with Crippen LogP contribution in [-0.4, -0.2) is 63.4 Å². The maximum Gasteiger partial charge on any atom is 0.419 e. The Labute approximate surface area is 184 Å². The van der Waals surface area contributed by atoms with Crippen molar-refractivity contribution in [3.63, 3.8) is 0 Å². The number of rotatable bonds is 2. The number of alkyl halides is 3. The summed E-state index contributed by atoms with van der Waals surface area (Å²) in [4.78, 5) is 28.2. The molecule has 0 spiro atoms. The van der Waals surface area contributed by atoms with Crippen molar-refractivity contribution in [1.82, 2.24) is 19.6 Å². The lowest BCUT2D eigenvalue weighted by Crippen LogP contribution is -2.40. The van der Waals surface area contributed by atoms with Crippen LogP contribution in [0.3, 0.4) is 0 Å². The molecule has 2 aliphatic rings. The van der Waals surface area contributed by atoms with Gasteiger partial charge in [0.1, 0.15) is 17.3 Å². The van der Waals surface area contributed by atoms with Gasteiger partial charge in [-0.25, -0.2) is 13.6 Å². The van der Waals surface area contributed by atoms with Crippen LogP contribution in [-0.2, 0) is 25.7 Å². The van der Waals surface area contributed by atoms with Crippen LogP contribution in [0.5, 0.6) is 0 Å². The Kier molecular flexibility index (Phi) is 5.76. The number of nitrogens with one attached hydrogen (secondary N) is 1. The molecule has 1 aromatic heterocycles. The van der Waals surface area contributed by atoms with Crippen LogP contribution >= 0.6 is 0 Å². The molecule has 2 N–H and O–H groups in total. The van der Waals surface area contributed by atoms with E-state index in [1.165, 1.54) is 14.5 Å². The number of hydrogen-bond donors (Lipinski definition) is 2. The van der Waals surface area contributed by atoms with E-state index in [0.29, 0.717) is 24.3 Å². The molecular weight excluding hydrogens is 453 g/mol. The fourth-order valence-corrected chi connectivity index (χ4v) is 4.10. The molecule has 2 aromatic rings. The molecular formula is C20H20F5N5O3. The van der Waals surface area contributed by atoms with Crippen molar-refractivity contribution < 1.29 is 36.6 Å². The van der Waals surface area contributed by atoms with E-state index in [2.05, 4.69) is 10.4 Å². The number of carbonyl (C=O) groups excluding carboxylic acids is 2. The van der Waals surface area contributed by atoms with Gasteiger partial charge in [0, 0.05) is 57.3 Å². The van der Waals surface area contributed by atoms with Gasteiger partial charge < -0.3 is 20.2 Å². The number of urea groups is 1. The summed E-state index contributed by atoms with van der Waals surface area (Å²) in [7, 11) is 1.59. The second-order valence-corrected chi connectivity index (χ2v) is 8.10. The molecule has 3 heterocycles. The minimum absolute atomic E-state index is 0.0659. The van der Waals surface area contributed by atoms with Crippen LogP contribution in [0.15, 0.2) is 12.1 Å². The number of anilines is 1. The molecule has 1 aromatic carbocycles. The summed E-state index contributed by atoms with van der Waals surface area (Å²) in [6.07, 6.45) is -4.80. The van der Waals surface area contributed by atoms with Crippen molar-refractivity contribution >= 4 is 17.6 Å². The maximum absolute atomic E-state index is 14.0. The first kappa shape index (κ1) is 23.0. The van der Waals surface area contributed by atoms with Crippen LogP contribution in [0, 0.1) is 17.6 Å². The molecule has 0 radical (unpaired) electrons. The molecule has 33 heavy (non-hydrogen) atoms. The summed E-state index contributed by atoms with van der Waals surface area (Å²) in [6, 6.07) is -0.629. The van der Waals surface area contributed by atoms with Gasteiger partial charge in [-0.1, -0.05) is 0 Å². The SMILES string of the molecule is CN1C[C@H](CO)Cn2nc3c(c2C1=O)CN(C(=O)Nc1cc(C(F)(F)F)c(F)cc1F)CC3. The van der Waals surface area contributed by atoms with Gasteiger partial charge >= 0.3 is 12.2 Å². The highest BCUT2D eigenvalue weighted by atomic mass is 19.4. The first-order chi connectivity index (χ1) is 15.5. The van der Waals surface area contributed by atoms with Gasteiger partial charge in [-0.15, -0.1) is 0 Å². The lowest BCUT2D eigenvalue weighted by Gasteiger charge is -2.27. The predicted molar refractivity (Wildman–Crippen MR) is 104 cm³/mol. The van der Waals surface area contributed by atoms with Crippen LogP contribution in [0.1, 0.15) is 27.3 Å². The van der Waals surface area contributed by atoms with Crippen molar-refractivity contribution in [3.8, 4) is 0 Å². The van der Waals surface area contributed by atoms with E-state index < -0.39 is 35.1 Å². The minimum atomic E-state index is -5.06. The molecule has 8 nitrogen and oxygen atoms in total. The zero-order valence-electron chi connectivity index (χ0n) is 17.4. The monoisotopic (exact) mass is 473 g/mol. The van der Waals surface area contributed by atoms with E-state index in [0.717, 1.165) is 0 Å². The van der Waals surface area contributed by atoms with Crippen LogP contribution in [0.2, 0.25) is 0 Å². The van der Waals surface area contributed by atoms with Gasteiger partial charge in [-0.05, 0) is 6.07 Å². The zero-order valence-corrected chi connectivity index (χ0v) is 17.4. The first-order valence-corrected chi connectivity index (χ1v) is 10.1.